The van der Waals surface area contributed by atoms with Crippen molar-refractivity contribution < 1.29 is 14.3 Å². The molecule has 5 heteroatoms. The number of carbonyl (C=O) groups is 1. The van der Waals surface area contributed by atoms with E-state index in [1.165, 1.54) is 5.56 Å². The molecule has 0 amide bonds. The first-order valence-electron chi connectivity index (χ1n) is 9.98. The van der Waals surface area contributed by atoms with E-state index in [1.54, 1.807) is 12.1 Å². The highest BCUT2D eigenvalue weighted by atomic mass is 16.6. The molecule has 30 heavy (non-hydrogen) atoms. The van der Waals surface area contributed by atoms with Gasteiger partial charge in [-0.25, -0.2) is 4.79 Å². The Balaban J connectivity index is 1.47. The zero-order chi connectivity index (χ0) is 20.8. The molecule has 3 aromatic rings. The lowest BCUT2D eigenvalue weighted by atomic mass is 10.1. The van der Waals surface area contributed by atoms with Crippen LogP contribution in [0.15, 0.2) is 89.9 Å². The zero-order valence-electron chi connectivity index (χ0n) is 16.9. The molecule has 0 N–H and O–H groups in total. The number of nitrogens with zero attached hydrogens (tertiary/aromatic N) is 2. The van der Waals surface area contributed by atoms with Crippen LogP contribution in [0.5, 0.6) is 5.75 Å². The van der Waals surface area contributed by atoms with E-state index in [-0.39, 0.29) is 12.6 Å². The van der Waals surface area contributed by atoms with Crippen LogP contribution >= 0.6 is 0 Å². The van der Waals surface area contributed by atoms with Crippen molar-refractivity contribution in [3.8, 4) is 5.75 Å². The third-order valence-electron chi connectivity index (χ3n) is 4.96. The van der Waals surface area contributed by atoms with Crippen LogP contribution in [0.1, 0.15) is 21.5 Å². The molecule has 0 bridgehead atoms. The van der Waals surface area contributed by atoms with E-state index < -0.39 is 6.10 Å². The maximum atomic E-state index is 12.6. The normalized spacial score (nSPS) is 13.2. The fourth-order valence-electron chi connectivity index (χ4n) is 3.46. The van der Waals surface area contributed by atoms with E-state index in [1.807, 2.05) is 72.6 Å². The maximum absolute atomic E-state index is 12.6. The van der Waals surface area contributed by atoms with Gasteiger partial charge in [-0.15, -0.1) is 0 Å². The lowest BCUT2D eigenvalue weighted by Crippen LogP contribution is -2.39. The third-order valence-corrected chi connectivity index (χ3v) is 4.96. The highest BCUT2D eigenvalue weighted by molar-refractivity contribution is 6.01. The zero-order valence-corrected chi connectivity index (χ0v) is 16.9. The Morgan fingerprint density at radius 1 is 0.967 bits per heavy atom. The van der Waals surface area contributed by atoms with Crippen molar-refractivity contribution in [3.05, 3.63) is 102 Å². The fourth-order valence-corrected chi connectivity index (χ4v) is 3.46. The number of aliphatic imine (C=N–C) groups is 1. The molecular weight excluding hydrogens is 376 g/mol. The molecule has 0 fully saturated rings. The van der Waals surface area contributed by atoms with Crippen molar-refractivity contribution in [1.29, 1.82) is 0 Å². The lowest BCUT2D eigenvalue weighted by Gasteiger charge is -2.26. The average Bonchev–Trinajstić information content (AvgIpc) is 3.23. The summed E-state index contributed by atoms with van der Waals surface area (Å²) in [5.74, 6) is 1.29. The van der Waals surface area contributed by atoms with Crippen LogP contribution in [-0.2, 0) is 11.3 Å². The summed E-state index contributed by atoms with van der Waals surface area (Å²) < 4.78 is 11.7. The van der Waals surface area contributed by atoms with Gasteiger partial charge in [0, 0.05) is 12.6 Å². The molecule has 1 heterocycles. The topological polar surface area (TPSA) is 51.1 Å². The van der Waals surface area contributed by atoms with Crippen molar-refractivity contribution in [1.82, 2.24) is 4.90 Å². The SMILES string of the molecule is CN(CC(COc1ccccc1)OC(=O)c1ccccc1)C1=NCc2ccccc21. The van der Waals surface area contributed by atoms with Gasteiger partial charge in [0.1, 0.15) is 18.2 Å². The van der Waals surface area contributed by atoms with Gasteiger partial charge < -0.3 is 14.4 Å². The Kier molecular flexibility index (Phi) is 6.09. The maximum Gasteiger partial charge on any atom is 0.338 e. The number of benzene rings is 3. The van der Waals surface area contributed by atoms with Gasteiger partial charge in [-0.1, -0.05) is 60.7 Å². The van der Waals surface area contributed by atoms with Crippen molar-refractivity contribution in [2.45, 2.75) is 12.6 Å². The number of hydrogen-bond donors (Lipinski definition) is 0. The number of rotatable bonds is 7. The van der Waals surface area contributed by atoms with Gasteiger partial charge >= 0.3 is 5.97 Å². The van der Waals surface area contributed by atoms with E-state index >= 15 is 0 Å². The van der Waals surface area contributed by atoms with Crippen LogP contribution in [0.4, 0.5) is 0 Å². The monoisotopic (exact) mass is 400 g/mol. The van der Waals surface area contributed by atoms with E-state index in [2.05, 4.69) is 17.1 Å². The van der Waals surface area contributed by atoms with Crippen molar-refractivity contribution >= 4 is 11.8 Å². The van der Waals surface area contributed by atoms with Gasteiger partial charge in [0.15, 0.2) is 6.10 Å². The molecule has 3 aromatic carbocycles. The molecule has 0 saturated heterocycles. The Morgan fingerprint density at radius 2 is 1.63 bits per heavy atom. The Bertz CT molecular complexity index is 1020. The van der Waals surface area contributed by atoms with Gasteiger partial charge in [0.25, 0.3) is 0 Å². The number of carbonyl (C=O) groups excluding carboxylic acids is 1. The summed E-state index contributed by atoms with van der Waals surface area (Å²) in [6.45, 7) is 1.39. The first-order chi connectivity index (χ1) is 14.7. The molecule has 0 saturated carbocycles. The number of amidine groups is 1. The number of fused-ring (bicyclic) bond motifs is 1. The van der Waals surface area contributed by atoms with Gasteiger partial charge in [0.05, 0.1) is 18.7 Å². The molecule has 0 aromatic heterocycles. The van der Waals surface area contributed by atoms with Crippen LogP contribution in [0.3, 0.4) is 0 Å². The quantitative estimate of drug-likeness (QED) is 0.558. The summed E-state index contributed by atoms with van der Waals surface area (Å²) in [5, 5.41) is 0. The van der Waals surface area contributed by atoms with E-state index in [9.17, 15) is 4.79 Å². The van der Waals surface area contributed by atoms with Gasteiger partial charge in [0.2, 0.25) is 0 Å². The van der Waals surface area contributed by atoms with Crippen molar-refractivity contribution in [3.63, 3.8) is 0 Å². The molecule has 1 unspecified atom stereocenters. The smallest absolute Gasteiger partial charge is 0.338 e. The minimum absolute atomic E-state index is 0.252. The summed E-state index contributed by atoms with van der Waals surface area (Å²) in [7, 11) is 1.97. The highest BCUT2D eigenvalue weighted by Crippen LogP contribution is 2.20. The first-order valence-corrected chi connectivity index (χ1v) is 9.98. The summed E-state index contributed by atoms with van der Waals surface area (Å²) >= 11 is 0. The summed E-state index contributed by atoms with van der Waals surface area (Å²) in [6.07, 6.45) is -0.460. The van der Waals surface area contributed by atoms with Gasteiger partial charge in [-0.05, 0) is 29.8 Å². The number of para-hydroxylation sites is 1. The third kappa shape index (κ3) is 4.69. The standard InChI is InChI=1S/C25H24N2O3/c1-27(24-23-15-9-8-12-20(23)16-26-24)17-22(18-29-21-13-6-3-7-14-21)30-25(28)19-10-4-2-5-11-19/h2-15,22H,16-18H2,1H3. The number of likely N-dealkylation sites (N-methyl/N-ethyl adjacent to an activating group) is 1. The van der Waals surface area contributed by atoms with E-state index in [0.717, 1.165) is 17.1 Å². The van der Waals surface area contributed by atoms with E-state index in [0.29, 0.717) is 18.7 Å². The fraction of sp³-hybridized carbons (Fsp3) is 0.200. The second kappa shape index (κ2) is 9.27. The summed E-state index contributed by atoms with van der Waals surface area (Å²) in [6, 6.07) is 26.7. The number of ether oxygens (including phenoxy) is 2. The van der Waals surface area contributed by atoms with Crippen LogP contribution < -0.4 is 4.74 Å². The average molecular weight is 400 g/mol. The summed E-state index contributed by atoms with van der Waals surface area (Å²) in [4.78, 5) is 19.3. The predicted octanol–water partition coefficient (Wildman–Crippen LogP) is 4.18. The predicted molar refractivity (Wildman–Crippen MR) is 117 cm³/mol. The van der Waals surface area contributed by atoms with Crippen LogP contribution in [0, 0.1) is 0 Å². The minimum Gasteiger partial charge on any atom is -0.490 e. The van der Waals surface area contributed by atoms with Crippen LogP contribution in [0.25, 0.3) is 0 Å². The highest BCUT2D eigenvalue weighted by Gasteiger charge is 2.24. The second-order valence-electron chi connectivity index (χ2n) is 7.19. The second-order valence-corrected chi connectivity index (χ2v) is 7.19. The molecule has 152 valence electrons. The number of esters is 1. The molecule has 1 aliphatic heterocycles. The number of hydrogen-bond acceptors (Lipinski definition) is 5. The molecule has 0 radical (unpaired) electrons. The molecule has 0 spiro atoms. The Hall–Kier alpha value is -3.60. The molecule has 5 nitrogen and oxygen atoms in total. The minimum atomic E-state index is -0.460. The molecule has 0 aliphatic carbocycles. The first kappa shape index (κ1) is 19.7. The Labute approximate surface area is 176 Å². The van der Waals surface area contributed by atoms with Crippen molar-refractivity contribution in [2.24, 2.45) is 4.99 Å². The largest absolute Gasteiger partial charge is 0.490 e. The van der Waals surface area contributed by atoms with E-state index in [4.69, 9.17) is 9.47 Å². The molecule has 1 aliphatic rings. The van der Waals surface area contributed by atoms with Gasteiger partial charge in [-0.2, -0.15) is 0 Å². The summed E-state index contributed by atoms with van der Waals surface area (Å²) in [5.41, 5.74) is 2.85. The van der Waals surface area contributed by atoms with Gasteiger partial charge in [-0.3, -0.25) is 4.99 Å². The molecule has 1 atom stereocenters. The van der Waals surface area contributed by atoms with Crippen molar-refractivity contribution in [2.75, 3.05) is 20.2 Å². The lowest BCUT2D eigenvalue weighted by molar-refractivity contribution is 0.0130. The molecular formula is C25H24N2O3. The van der Waals surface area contributed by atoms with Crippen LogP contribution in [0.2, 0.25) is 0 Å². The van der Waals surface area contributed by atoms with Crippen LogP contribution in [-0.4, -0.2) is 43.0 Å². The molecule has 4 rings (SSSR count). The Morgan fingerprint density at radius 3 is 2.40 bits per heavy atom.